The summed E-state index contributed by atoms with van der Waals surface area (Å²) in [5.74, 6) is -2.27. The Kier molecular flexibility index (Phi) is 6.53. The molecule has 6 nitrogen and oxygen atoms in total. The third-order valence-electron chi connectivity index (χ3n) is 5.21. The summed E-state index contributed by atoms with van der Waals surface area (Å²) in [4.78, 5) is 25.2. The maximum Gasteiger partial charge on any atom is 0.253 e. The fourth-order valence-corrected chi connectivity index (χ4v) is 3.98. The minimum absolute atomic E-state index is 0.0392. The first-order valence-corrected chi connectivity index (χ1v) is 10.0. The summed E-state index contributed by atoms with van der Waals surface area (Å²) in [5.41, 5.74) is -1.10. The van der Waals surface area contributed by atoms with E-state index in [0.717, 1.165) is 18.8 Å². The number of hydrogen-bond donors (Lipinski definition) is 2. The Morgan fingerprint density at radius 3 is 2.55 bits per heavy atom. The molecule has 0 heterocycles. The Labute approximate surface area is 187 Å². The largest absolute Gasteiger partial charge is 0.355 e. The molecule has 1 saturated carbocycles. The molecule has 0 atom stereocenters. The number of thiocarbonyl (C=S) groups is 1. The van der Waals surface area contributed by atoms with Gasteiger partial charge in [-0.25, -0.2) is 8.78 Å². The normalized spacial score (nSPS) is 14.0. The van der Waals surface area contributed by atoms with Gasteiger partial charge < -0.3 is 20.3 Å². The SMILES string of the molecule is CNC(=O)c1ccc(N(C(=S)Nc2ccc(C#N)c(Cl)c2F)C2(C=O)CCC2)cc1F. The van der Waals surface area contributed by atoms with Crippen LogP contribution in [0.3, 0.4) is 0 Å². The van der Waals surface area contributed by atoms with Crippen LogP contribution < -0.4 is 15.5 Å². The van der Waals surface area contributed by atoms with Gasteiger partial charge in [0.15, 0.2) is 10.9 Å². The molecule has 3 rings (SSSR count). The molecule has 1 fully saturated rings. The summed E-state index contributed by atoms with van der Waals surface area (Å²) in [6, 6.07) is 8.26. The van der Waals surface area contributed by atoms with Gasteiger partial charge in [0.25, 0.3) is 5.91 Å². The molecule has 0 radical (unpaired) electrons. The minimum atomic E-state index is -1.03. The fraction of sp³-hybridized carbons (Fsp3) is 0.238. The molecule has 0 aliphatic heterocycles. The molecular formula is C21H17ClF2N4O2S. The summed E-state index contributed by atoms with van der Waals surface area (Å²) in [6.07, 6.45) is 2.42. The molecular weight excluding hydrogens is 446 g/mol. The zero-order valence-corrected chi connectivity index (χ0v) is 17.9. The van der Waals surface area contributed by atoms with E-state index in [1.165, 1.54) is 36.2 Å². The van der Waals surface area contributed by atoms with Crippen LogP contribution in [0, 0.1) is 23.0 Å². The average Bonchev–Trinajstić information content (AvgIpc) is 2.73. The van der Waals surface area contributed by atoms with Gasteiger partial charge in [-0.15, -0.1) is 0 Å². The second-order valence-corrected chi connectivity index (χ2v) is 7.75. The molecule has 0 saturated heterocycles. The molecule has 2 aromatic carbocycles. The van der Waals surface area contributed by atoms with Crippen molar-refractivity contribution in [1.82, 2.24) is 5.32 Å². The van der Waals surface area contributed by atoms with E-state index in [1.54, 1.807) is 6.07 Å². The van der Waals surface area contributed by atoms with Gasteiger partial charge in [0.1, 0.15) is 23.7 Å². The molecule has 0 spiro atoms. The molecule has 31 heavy (non-hydrogen) atoms. The first kappa shape index (κ1) is 22.6. The molecule has 10 heteroatoms. The number of carbonyl (C=O) groups is 2. The number of nitrogens with zero attached hydrogens (tertiary/aromatic N) is 2. The number of carbonyl (C=O) groups excluding carboxylic acids is 2. The number of hydrogen-bond acceptors (Lipinski definition) is 4. The number of nitriles is 1. The molecule has 0 bridgehead atoms. The van der Waals surface area contributed by atoms with E-state index in [9.17, 15) is 18.4 Å². The van der Waals surface area contributed by atoms with Crippen molar-refractivity contribution < 1.29 is 18.4 Å². The molecule has 0 aromatic heterocycles. The lowest BCUT2D eigenvalue weighted by atomic mass is 9.76. The lowest BCUT2D eigenvalue weighted by Crippen LogP contribution is -2.59. The van der Waals surface area contributed by atoms with Crippen LogP contribution in [-0.2, 0) is 4.79 Å². The van der Waals surface area contributed by atoms with Gasteiger partial charge in [0.05, 0.1) is 21.8 Å². The quantitative estimate of drug-likeness (QED) is 0.512. The predicted molar refractivity (Wildman–Crippen MR) is 117 cm³/mol. The van der Waals surface area contributed by atoms with Crippen molar-refractivity contribution in [2.45, 2.75) is 24.8 Å². The van der Waals surface area contributed by atoms with E-state index in [-0.39, 0.29) is 32.6 Å². The third kappa shape index (κ3) is 4.09. The number of amides is 1. The number of anilines is 2. The predicted octanol–water partition coefficient (Wildman–Crippen LogP) is 4.17. The van der Waals surface area contributed by atoms with Crippen molar-refractivity contribution in [3.63, 3.8) is 0 Å². The van der Waals surface area contributed by atoms with Gasteiger partial charge in [-0.05, 0) is 61.8 Å². The Hall–Kier alpha value is -3.09. The van der Waals surface area contributed by atoms with Crippen molar-refractivity contribution >= 4 is 52.5 Å². The molecule has 2 N–H and O–H groups in total. The lowest BCUT2D eigenvalue weighted by Gasteiger charge is -2.47. The van der Waals surface area contributed by atoms with Crippen molar-refractivity contribution in [2.75, 3.05) is 17.3 Å². The van der Waals surface area contributed by atoms with Crippen LogP contribution in [0.4, 0.5) is 20.2 Å². The monoisotopic (exact) mass is 462 g/mol. The topological polar surface area (TPSA) is 85.2 Å². The summed E-state index contributed by atoms with van der Waals surface area (Å²) in [5, 5.41) is 13.6. The van der Waals surface area contributed by atoms with E-state index >= 15 is 0 Å². The van der Waals surface area contributed by atoms with E-state index in [1.807, 2.05) is 0 Å². The Bertz CT molecular complexity index is 1120. The zero-order chi connectivity index (χ0) is 22.8. The van der Waals surface area contributed by atoms with Gasteiger partial charge >= 0.3 is 0 Å². The molecule has 2 aromatic rings. The van der Waals surface area contributed by atoms with Crippen LogP contribution in [-0.4, -0.2) is 29.9 Å². The first-order chi connectivity index (χ1) is 14.8. The fourth-order valence-electron chi connectivity index (χ4n) is 3.38. The highest BCUT2D eigenvalue weighted by atomic mass is 35.5. The average molecular weight is 463 g/mol. The highest BCUT2D eigenvalue weighted by Crippen LogP contribution is 2.40. The zero-order valence-electron chi connectivity index (χ0n) is 16.3. The van der Waals surface area contributed by atoms with Crippen LogP contribution in [0.1, 0.15) is 35.2 Å². The molecule has 160 valence electrons. The minimum Gasteiger partial charge on any atom is -0.355 e. The summed E-state index contributed by atoms with van der Waals surface area (Å²) in [7, 11) is 1.38. The smallest absolute Gasteiger partial charge is 0.253 e. The molecule has 1 aliphatic carbocycles. The highest BCUT2D eigenvalue weighted by molar-refractivity contribution is 7.80. The van der Waals surface area contributed by atoms with Crippen LogP contribution in [0.15, 0.2) is 30.3 Å². The molecule has 1 amide bonds. The first-order valence-electron chi connectivity index (χ1n) is 9.25. The number of nitrogens with one attached hydrogen (secondary N) is 2. The lowest BCUT2D eigenvalue weighted by molar-refractivity contribution is -0.114. The van der Waals surface area contributed by atoms with Gasteiger partial charge in [0, 0.05) is 12.7 Å². The Morgan fingerprint density at radius 2 is 2.03 bits per heavy atom. The summed E-state index contributed by atoms with van der Waals surface area (Å²) in [6.45, 7) is 0. The second-order valence-electron chi connectivity index (χ2n) is 6.98. The van der Waals surface area contributed by atoms with Crippen LogP contribution >= 0.6 is 23.8 Å². The number of halogens is 3. The third-order valence-corrected chi connectivity index (χ3v) is 5.87. The highest BCUT2D eigenvalue weighted by Gasteiger charge is 2.45. The Balaban J connectivity index is 2.01. The van der Waals surface area contributed by atoms with E-state index < -0.39 is 23.1 Å². The Morgan fingerprint density at radius 1 is 1.32 bits per heavy atom. The molecule has 1 aliphatic rings. The van der Waals surface area contributed by atoms with Gasteiger partial charge in [-0.1, -0.05) is 11.6 Å². The van der Waals surface area contributed by atoms with Crippen molar-refractivity contribution in [2.24, 2.45) is 0 Å². The van der Waals surface area contributed by atoms with Crippen molar-refractivity contribution in [3.05, 3.63) is 58.1 Å². The van der Waals surface area contributed by atoms with Crippen molar-refractivity contribution in [3.8, 4) is 6.07 Å². The number of aldehydes is 1. The van der Waals surface area contributed by atoms with E-state index in [4.69, 9.17) is 29.1 Å². The van der Waals surface area contributed by atoms with E-state index in [2.05, 4.69) is 10.6 Å². The van der Waals surface area contributed by atoms with Crippen LogP contribution in [0.5, 0.6) is 0 Å². The van der Waals surface area contributed by atoms with Gasteiger partial charge in [-0.2, -0.15) is 5.26 Å². The van der Waals surface area contributed by atoms with Crippen molar-refractivity contribution in [1.29, 1.82) is 5.26 Å². The standard InChI is InChI=1S/C21H17ClF2N4O2S/c1-26-19(30)14-5-4-13(9-15(14)23)28(21(11-29)7-2-8-21)20(31)27-16-6-3-12(10-25)17(22)18(16)24/h3-6,9,11H,2,7-8H2,1H3,(H,26,30)(H,27,31). The second kappa shape index (κ2) is 8.96. The molecule has 0 unspecified atom stereocenters. The van der Waals surface area contributed by atoms with Crippen LogP contribution in [0.25, 0.3) is 0 Å². The van der Waals surface area contributed by atoms with Gasteiger partial charge in [0.2, 0.25) is 0 Å². The number of rotatable bonds is 5. The maximum atomic E-state index is 14.6. The summed E-state index contributed by atoms with van der Waals surface area (Å²) < 4.78 is 29.2. The van der Waals surface area contributed by atoms with E-state index in [0.29, 0.717) is 12.8 Å². The number of benzene rings is 2. The van der Waals surface area contributed by atoms with Crippen LogP contribution in [0.2, 0.25) is 5.02 Å². The maximum absolute atomic E-state index is 14.6. The van der Waals surface area contributed by atoms with Gasteiger partial charge in [-0.3, -0.25) is 4.79 Å². The summed E-state index contributed by atoms with van der Waals surface area (Å²) >= 11 is 11.3.